The maximum Gasteiger partial charge on any atom is 0.332 e. The highest BCUT2D eigenvalue weighted by Gasteiger charge is 2.45. The van der Waals surface area contributed by atoms with Gasteiger partial charge in [-0.15, -0.1) is 0 Å². The Morgan fingerprint density at radius 1 is 1.26 bits per heavy atom. The molecule has 7 heteroatoms. The first-order chi connectivity index (χ1) is 8.47. The number of ether oxygens (including phenoxy) is 1. The predicted molar refractivity (Wildman–Crippen MR) is 68.2 cm³/mol. The van der Waals surface area contributed by atoms with Gasteiger partial charge in [0.2, 0.25) is 5.91 Å². The van der Waals surface area contributed by atoms with Gasteiger partial charge in [-0.25, -0.2) is 4.79 Å². The van der Waals surface area contributed by atoms with Crippen molar-refractivity contribution in [2.24, 2.45) is 11.1 Å². The minimum absolute atomic E-state index is 0.115. The van der Waals surface area contributed by atoms with Crippen molar-refractivity contribution in [3.05, 3.63) is 0 Å². The van der Waals surface area contributed by atoms with Crippen LogP contribution in [0.15, 0.2) is 0 Å². The van der Waals surface area contributed by atoms with Crippen molar-refractivity contribution in [3.8, 4) is 0 Å². The van der Waals surface area contributed by atoms with Crippen LogP contribution in [0.4, 0.5) is 0 Å². The normalized spacial score (nSPS) is 13.6. The van der Waals surface area contributed by atoms with E-state index in [1.807, 2.05) is 0 Å². The third-order valence-electron chi connectivity index (χ3n) is 3.36. The number of hydrogen-bond acceptors (Lipinski definition) is 5. The van der Waals surface area contributed by atoms with Crippen LogP contribution in [-0.4, -0.2) is 41.1 Å². The Labute approximate surface area is 112 Å². The van der Waals surface area contributed by atoms with Gasteiger partial charge < -0.3 is 20.9 Å². The summed E-state index contributed by atoms with van der Waals surface area (Å²) in [5.74, 6) is -2.68. The summed E-state index contributed by atoms with van der Waals surface area (Å²) in [7, 11) is 0. The molecule has 0 fully saturated rings. The minimum atomic E-state index is -1.47. The van der Waals surface area contributed by atoms with E-state index in [0.717, 1.165) is 0 Å². The lowest BCUT2D eigenvalue weighted by molar-refractivity contribution is -0.152. The molecule has 0 aromatic rings. The van der Waals surface area contributed by atoms with Crippen LogP contribution in [0.25, 0.3) is 0 Å². The number of amides is 1. The lowest BCUT2D eigenvalue weighted by atomic mass is 9.74. The van der Waals surface area contributed by atoms with Crippen molar-refractivity contribution >= 4 is 17.8 Å². The van der Waals surface area contributed by atoms with Gasteiger partial charge in [0, 0.05) is 0 Å². The molecule has 0 spiro atoms. The Morgan fingerprint density at radius 2 is 1.74 bits per heavy atom. The van der Waals surface area contributed by atoms with Gasteiger partial charge in [-0.1, -0.05) is 0 Å². The lowest BCUT2D eigenvalue weighted by Gasteiger charge is -2.39. The maximum atomic E-state index is 11.8. The van der Waals surface area contributed by atoms with E-state index in [1.165, 1.54) is 13.8 Å². The number of hydrogen-bond donors (Lipinski definition) is 3. The summed E-state index contributed by atoms with van der Waals surface area (Å²) in [4.78, 5) is 34.3. The number of esters is 1. The number of carbonyl (C=O) groups excluding carboxylic acids is 2. The number of carboxylic acids is 1. The van der Waals surface area contributed by atoms with Gasteiger partial charge in [0.15, 0.2) is 6.04 Å². The molecule has 110 valence electrons. The predicted octanol–water partition coefficient (Wildman–Crippen LogP) is -0.118. The number of nitrogens with two attached hydrogens (primary N) is 1. The van der Waals surface area contributed by atoms with Crippen LogP contribution >= 0.6 is 0 Å². The summed E-state index contributed by atoms with van der Waals surface area (Å²) in [5.41, 5.74) is 3.13. The lowest BCUT2D eigenvalue weighted by Crippen LogP contribution is -2.61. The maximum absolute atomic E-state index is 11.8. The van der Waals surface area contributed by atoms with Crippen molar-refractivity contribution in [2.75, 3.05) is 6.61 Å². The van der Waals surface area contributed by atoms with E-state index in [1.54, 1.807) is 20.8 Å². The van der Waals surface area contributed by atoms with E-state index in [0.29, 0.717) is 0 Å². The Bertz CT molecular complexity index is 376. The fraction of sp³-hybridized carbons (Fsp3) is 0.750. The Morgan fingerprint density at radius 3 is 2.11 bits per heavy atom. The van der Waals surface area contributed by atoms with E-state index in [-0.39, 0.29) is 6.61 Å². The molecule has 0 bridgehead atoms. The van der Waals surface area contributed by atoms with Crippen molar-refractivity contribution in [1.82, 2.24) is 5.32 Å². The van der Waals surface area contributed by atoms with Crippen LogP contribution in [-0.2, 0) is 19.1 Å². The van der Waals surface area contributed by atoms with Gasteiger partial charge in [-0.05, 0) is 34.6 Å². The van der Waals surface area contributed by atoms with Gasteiger partial charge in [0.05, 0.1) is 17.6 Å². The second-order valence-corrected chi connectivity index (χ2v) is 5.27. The Kier molecular flexibility index (Phi) is 5.49. The third kappa shape index (κ3) is 3.92. The van der Waals surface area contributed by atoms with Crippen LogP contribution in [0.2, 0.25) is 0 Å². The van der Waals surface area contributed by atoms with Gasteiger partial charge in [-0.3, -0.25) is 9.59 Å². The van der Waals surface area contributed by atoms with Gasteiger partial charge in [-0.2, -0.15) is 0 Å². The second kappa shape index (κ2) is 6.01. The van der Waals surface area contributed by atoms with E-state index in [4.69, 9.17) is 10.8 Å². The molecule has 0 aliphatic heterocycles. The molecule has 0 radical (unpaired) electrons. The van der Waals surface area contributed by atoms with E-state index in [9.17, 15) is 14.4 Å². The summed E-state index contributed by atoms with van der Waals surface area (Å²) < 4.78 is 4.63. The first kappa shape index (κ1) is 17.4. The van der Waals surface area contributed by atoms with E-state index >= 15 is 0 Å². The number of aliphatic carboxylic acids is 1. The molecule has 0 heterocycles. The van der Waals surface area contributed by atoms with Crippen LogP contribution in [0.3, 0.4) is 0 Å². The summed E-state index contributed by atoms with van der Waals surface area (Å²) in [6.45, 7) is 7.77. The molecule has 0 aromatic heterocycles. The highest BCUT2D eigenvalue weighted by atomic mass is 16.5. The largest absolute Gasteiger partial charge is 0.481 e. The standard InChI is InChI=1S/C12H22N2O5/c1-6-19-9(16)7(13)8(15)14-12(4,5)11(2,3)10(17)18/h7H,6,13H2,1-5H3,(H,14,15)(H,17,18). The number of nitrogens with one attached hydrogen (secondary N) is 1. The number of carbonyl (C=O) groups is 3. The molecule has 0 saturated heterocycles. The Balaban J connectivity index is 4.90. The SMILES string of the molecule is CCOC(=O)C(N)C(=O)NC(C)(C)C(C)(C)C(=O)O. The molecular formula is C12H22N2O5. The van der Waals surface area contributed by atoms with Crippen molar-refractivity contribution in [2.45, 2.75) is 46.2 Å². The van der Waals surface area contributed by atoms with Crippen LogP contribution in [0.5, 0.6) is 0 Å². The molecule has 0 aliphatic rings. The van der Waals surface area contributed by atoms with Gasteiger partial charge in [0.25, 0.3) is 0 Å². The van der Waals surface area contributed by atoms with E-state index < -0.39 is 34.8 Å². The van der Waals surface area contributed by atoms with Crippen molar-refractivity contribution in [3.63, 3.8) is 0 Å². The van der Waals surface area contributed by atoms with E-state index in [2.05, 4.69) is 10.1 Å². The highest BCUT2D eigenvalue weighted by Crippen LogP contribution is 2.30. The number of carboxylic acid groups (broad SMARTS) is 1. The molecule has 4 N–H and O–H groups in total. The monoisotopic (exact) mass is 274 g/mol. The molecule has 1 amide bonds. The highest BCUT2D eigenvalue weighted by molar-refractivity contribution is 6.02. The zero-order chi connectivity index (χ0) is 15.4. The topological polar surface area (TPSA) is 119 Å². The quantitative estimate of drug-likeness (QED) is 0.459. The Hall–Kier alpha value is -1.63. The average molecular weight is 274 g/mol. The van der Waals surface area contributed by atoms with Crippen molar-refractivity contribution in [1.29, 1.82) is 0 Å². The summed E-state index contributed by atoms with van der Waals surface area (Å²) >= 11 is 0. The molecule has 7 nitrogen and oxygen atoms in total. The first-order valence-corrected chi connectivity index (χ1v) is 5.95. The molecular weight excluding hydrogens is 252 g/mol. The second-order valence-electron chi connectivity index (χ2n) is 5.27. The van der Waals surface area contributed by atoms with Crippen LogP contribution in [0, 0.1) is 5.41 Å². The minimum Gasteiger partial charge on any atom is -0.481 e. The van der Waals surface area contributed by atoms with Gasteiger partial charge >= 0.3 is 11.9 Å². The molecule has 1 unspecified atom stereocenters. The smallest absolute Gasteiger partial charge is 0.332 e. The fourth-order valence-electron chi connectivity index (χ4n) is 1.15. The number of rotatable bonds is 6. The zero-order valence-electron chi connectivity index (χ0n) is 11.9. The summed E-state index contributed by atoms with van der Waals surface area (Å²) in [6.07, 6.45) is 0. The first-order valence-electron chi connectivity index (χ1n) is 5.95. The van der Waals surface area contributed by atoms with Crippen LogP contribution < -0.4 is 11.1 Å². The van der Waals surface area contributed by atoms with Crippen LogP contribution in [0.1, 0.15) is 34.6 Å². The molecule has 19 heavy (non-hydrogen) atoms. The van der Waals surface area contributed by atoms with Crippen molar-refractivity contribution < 1.29 is 24.2 Å². The molecule has 0 aliphatic carbocycles. The van der Waals surface area contributed by atoms with Gasteiger partial charge in [0.1, 0.15) is 0 Å². The molecule has 0 rings (SSSR count). The average Bonchev–Trinajstić information content (AvgIpc) is 2.27. The summed E-state index contributed by atoms with van der Waals surface area (Å²) in [6, 6.07) is -1.47. The third-order valence-corrected chi connectivity index (χ3v) is 3.36. The molecule has 0 aromatic carbocycles. The fourth-order valence-corrected chi connectivity index (χ4v) is 1.15. The summed E-state index contributed by atoms with van der Waals surface area (Å²) in [5, 5.41) is 11.6. The zero-order valence-corrected chi connectivity index (χ0v) is 11.9. The molecule has 1 atom stereocenters. The molecule has 0 saturated carbocycles.